The summed E-state index contributed by atoms with van der Waals surface area (Å²) >= 11 is 0. The highest BCUT2D eigenvalue weighted by Gasteiger charge is 2.32. The first kappa shape index (κ1) is 13.5. The third-order valence-corrected chi connectivity index (χ3v) is 3.43. The van der Waals surface area contributed by atoms with Gasteiger partial charge in [0.15, 0.2) is 0 Å². The number of nitrogens with zero attached hydrogens (tertiary/aromatic N) is 3. The number of aliphatic hydroxyl groups is 1. The highest BCUT2D eigenvalue weighted by molar-refractivity contribution is 4.96. The highest BCUT2D eigenvalue weighted by Crippen LogP contribution is 2.22. The van der Waals surface area contributed by atoms with Crippen molar-refractivity contribution in [3.05, 3.63) is 18.2 Å². The van der Waals surface area contributed by atoms with Crippen LogP contribution >= 0.6 is 0 Å². The molecule has 2 N–H and O–H groups in total. The lowest BCUT2D eigenvalue weighted by molar-refractivity contribution is 0.126. The molecule has 1 saturated carbocycles. The van der Waals surface area contributed by atoms with Crippen LogP contribution in [0.1, 0.15) is 25.6 Å². The summed E-state index contributed by atoms with van der Waals surface area (Å²) in [4.78, 5) is 6.53. The van der Waals surface area contributed by atoms with Crippen LogP contribution in [0.5, 0.6) is 0 Å². The molecule has 5 heteroatoms. The SMILES string of the molecule is CN(Cc1nccn1C)CC(C)(CO)NC1CC1. The molecule has 2 rings (SSSR count). The fourth-order valence-electron chi connectivity index (χ4n) is 2.30. The van der Waals surface area contributed by atoms with Crippen molar-refractivity contribution in [1.82, 2.24) is 19.8 Å². The molecule has 1 unspecified atom stereocenters. The van der Waals surface area contributed by atoms with Crippen LogP contribution in [-0.4, -0.2) is 51.3 Å². The van der Waals surface area contributed by atoms with Crippen molar-refractivity contribution in [3.8, 4) is 0 Å². The van der Waals surface area contributed by atoms with E-state index in [0.717, 1.165) is 18.9 Å². The molecule has 0 spiro atoms. The first-order chi connectivity index (χ1) is 8.52. The molecule has 102 valence electrons. The molecule has 18 heavy (non-hydrogen) atoms. The number of hydrogen-bond acceptors (Lipinski definition) is 4. The Hall–Kier alpha value is -0.910. The van der Waals surface area contributed by atoms with E-state index in [2.05, 4.69) is 29.2 Å². The molecule has 0 saturated heterocycles. The standard InChI is InChI=1S/C13H24N4O/c1-13(10-18,15-11-4-5-11)9-16(2)8-12-14-6-7-17(12)3/h6-7,11,15,18H,4-5,8-10H2,1-3H3. The molecule has 1 aromatic rings. The first-order valence-corrected chi connectivity index (χ1v) is 6.56. The fraction of sp³-hybridized carbons (Fsp3) is 0.769. The molecule has 0 bridgehead atoms. The van der Waals surface area contributed by atoms with Gasteiger partial charge in [-0.1, -0.05) is 0 Å². The van der Waals surface area contributed by atoms with Gasteiger partial charge in [0.25, 0.3) is 0 Å². The smallest absolute Gasteiger partial charge is 0.122 e. The maximum absolute atomic E-state index is 9.58. The van der Waals surface area contributed by atoms with Gasteiger partial charge in [0.05, 0.1) is 18.7 Å². The zero-order valence-corrected chi connectivity index (χ0v) is 11.6. The van der Waals surface area contributed by atoms with E-state index in [9.17, 15) is 5.11 Å². The summed E-state index contributed by atoms with van der Waals surface area (Å²) in [5.74, 6) is 1.05. The van der Waals surface area contributed by atoms with Gasteiger partial charge in [-0.15, -0.1) is 0 Å². The minimum Gasteiger partial charge on any atom is -0.394 e. The Kier molecular flexibility index (Phi) is 4.04. The van der Waals surface area contributed by atoms with Crippen LogP contribution in [0.15, 0.2) is 12.4 Å². The third-order valence-electron chi connectivity index (χ3n) is 3.43. The van der Waals surface area contributed by atoms with Gasteiger partial charge in [-0.2, -0.15) is 0 Å². The first-order valence-electron chi connectivity index (χ1n) is 6.56. The molecule has 0 amide bonds. The zero-order valence-electron chi connectivity index (χ0n) is 11.6. The van der Waals surface area contributed by atoms with E-state index in [1.54, 1.807) is 0 Å². The molecular weight excluding hydrogens is 228 g/mol. The largest absolute Gasteiger partial charge is 0.394 e. The summed E-state index contributed by atoms with van der Waals surface area (Å²) < 4.78 is 2.03. The molecule has 1 fully saturated rings. The van der Waals surface area contributed by atoms with Gasteiger partial charge in [-0.05, 0) is 26.8 Å². The number of rotatable bonds is 7. The molecule has 1 aliphatic rings. The van der Waals surface area contributed by atoms with Gasteiger partial charge in [0, 0.05) is 32.0 Å². The second-order valence-corrected chi connectivity index (χ2v) is 5.76. The van der Waals surface area contributed by atoms with Crippen molar-refractivity contribution < 1.29 is 5.11 Å². The number of hydrogen-bond donors (Lipinski definition) is 2. The lowest BCUT2D eigenvalue weighted by Gasteiger charge is -2.33. The predicted octanol–water partition coefficient (Wildman–Crippen LogP) is 0.355. The monoisotopic (exact) mass is 252 g/mol. The maximum atomic E-state index is 9.58. The molecule has 0 aromatic carbocycles. The van der Waals surface area contributed by atoms with E-state index in [1.807, 2.05) is 24.0 Å². The van der Waals surface area contributed by atoms with Crippen molar-refractivity contribution in [2.45, 2.75) is 37.9 Å². The fourth-order valence-corrected chi connectivity index (χ4v) is 2.30. The highest BCUT2D eigenvalue weighted by atomic mass is 16.3. The second-order valence-electron chi connectivity index (χ2n) is 5.76. The van der Waals surface area contributed by atoms with Crippen molar-refractivity contribution in [2.24, 2.45) is 7.05 Å². The van der Waals surface area contributed by atoms with Crippen LogP contribution < -0.4 is 5.32 Å². The van der Waals surface area contributed by atoms with Crippen LogP contribution in [0.3, 0.4) is 0 Å². The molecule has 1 atom stereocenters. The van der Waals surface area contributed by atoms with Crippen LogP contribution in [-0.2, 0) is 13.6 Å². The summed E-state index contributed by atoms with van der Waals surface area (Å²) in [6.07, 6.45) is 6.24. The number of aryl methyl sites for hydroxylation is 1. The van der Waals surface area contributed by atoms with Gasteiger partial charge < -0.3 is 15.0 Å². The molecule has 1 heterocycles. The van der Waals surface area contributed by atoms with Crippen LogP contribution in [0, 0.1) is 0 Å². The van der Waals surface area contributed by atoms with Gasteiger partial charge in [0.1, 0.15) is 5.82 Å². The molecular formula is C13H24N4O. The van der Waals surface area contributed by atoms with E-state index >= 15 is 0 Å². The van der Waals surface area contributed by atoms with E-state index in [0.29, 0.717) is 6.04 Å². The minimum absolute atomic E-state index is 0.161. The Bertz CT molecular complexity index is 388. The van der Waals surface area contributed by atoms with Gasteiger partial charge in [0.2, 0.25) is 0 Å². The number of imidazole rings is 1. The molecule has 0 radical (unpaired) electrons. The predicted molar refractivity (Wildman–Crippen MR) is 71.2 cm³/mol. The van der Waals surface area contributed by atoms with Crippen molar-refractivity contribution in [1.29, 1.82) is 0 Å². The average molecular weight is 252 g/mol. The summed E-state index contributed by atoms with van der Waals surface area (Å²) in [7, 11) is 4.07. The number of likely N-dealkylation sites (N-methyl/N-ethyl adjacent to an activating group) is 1. The Morgan fingerprint density at radius 3 is 2.83 bits per heavy atom. The van der Waals surface area contributed by atoms with Crippen LogP contribution in [0.25, 0.3) is 0 Å². The van der Waals surface area contributed by atoms with Crippen molar-refractivity contribution in [2.75, 3.05) is 20.2 Å². The van der Waals surface area contributed by atoms with Gasteiger partial charge in [-0.25, -0.2) is 4.98 Å². The third kappa shape index (κ3) is 3.54. The Labute approximate surface area is 109 Å². The van der Waals surface area contributed by atoms with Crippen LogP contribution in [0.4, 0.5) is 0 Å². The molecule has 0 aliphatic heterocycles. The summed E-state index contributed by atoms with van der Waals surface area (Å²) in [5.41, 5.74) is -0.221. The Morgan fingerprint density at radius 2 is 2.33 bits per heavy atom. The van der Waals surface area contributed by atoms with E-state index in [4.69, 9.17) is 0 Å². The lowest BCUT2D eigenvalue weighted by atomic mass is 10.0. The summed E-state index contributed by atoms with van der Waals surface area (Å²) in [6.45, 7) is 3.85. The Balaban J connectivity index is 1.88. The van der Waals surface area contributed by atoms with Crippen molar-refractivity contribution >= 4 is 0 Å². The number of nitrogens with one attached hydrogen (secondary N) is 1. The molecule has 5 nitrogen and oxygen atoms in total. The Morgan fingerprint density at radius 1 is 1.61 bits per heavy atom. The second kappa shape index (κ2) is 5.38. The lowest BCUT2D eigenvalue weighted by Crippen LogP contribution is -2.54. The van der Waals surface area contributed by atoms with Gasteiger partial charge >= 0.3 is 0 Å². The maximum Gasteiger partial charge on any atom is 0.122 e. The molecule has 1 aromatic heterocycles. The van der Waals surface area contributed by atoms with E-state index in [-0.39, 0.29) is 12.1 Å². The zero-order chi connectivity index (χ0) is 13.2. The summed E-state index contributed by atoms with van der Waals surface area (Å²) in [5, 5.41) is 13.1. The topological polar surface area (TPSA) is 53.3 Å². The molecule has 1 aliphatic carbocycles. The summed E-state index contributed by atoms with van der Waals surface area (Å²) in [6, 6.07) is 0.601. The number of aromatic nitrogens is 2. The van der Waals surface area contributed by atoms with Crippen LogP contribution in [0.2, 0.25) is 0 Å². The van der Waals surface area contributed by atoms with E-state index < -0.39 is 0 Å². The van der Waals surface area contributed by atoms with Gasteiger partial charge in [-0.3, -0.25) is 4.90 Å². The minimum atomic E-state index is -0.221. The number of aliphatic hydroxyl groups excluding tert-OH is 1. The quantitative estimate of drug-likeness (QED) is 0.735. The normalized spacial score (nSPS) is 19.2. The average Bonchev–Trinajstić information content (AvgIpc) is 3.02. The van der Waals surface area contributed by atoms with Crippen molar-refractivity contribution in [3.63, 3.8) is 0 Å². The van der Waals surface area contributed by atoms with E-state index in [1.165, 1.54) is 12.8 Å².